The second-order valence-corrected chi connectivity index (χ2v) is 6.15. The number of methoxy groups -OCH3 is 1. The van der Waals surface area contributed by atoms with E-state index in [4.69, 9.17) is 4.74 Å². The van der Waals surface area contributed by atoms with Crippen molar-refractivity contribution in [3.8, 4) is 0 Å². The maximum absolute atomic E-state index is 10.8. The Labute approximate surface area is 130 Å². The third-order valence-corrected chi connectivity index (χ3v) is 4.55. The van der Waals surface area contributed by atoms with E-state index in [-0.39, 0.29) is 10.6 Å². The summed E-state index contributed by atoms with van der Waals surface area (Å²) in [7, 11) is 1.74. The highest BCUT2D eigenvalue weighted by Gasteiger charge is 2.37. The van der Waals surface area contributed by atoms with Crippen molar-refractivity contribution in [3.05, 3.63) is 34.4 Å². The molecule has 6 nitrogen and oxygen atoms in total. The lowest BCUT2D eigenvalue weighted by molar-refractivity contribution is -0.384. The van der Waals surface area contributed by atoms with Crippen LogP contribution >= 0.6 is 0 Å². The van der Waals surface area contributed by atoms with E-state index in [0.29, 0.717) is 12.1 Å². The number of nitro benzene ring substituents is 1. The van der Waals surface area contributed by atoms with Gasteiger partial charge in [-0.05, 0) is 31.4 Å². The number of anilines is 1. The van der Waals surface area contributed by atoms with E-state index in [1.165, 1.54) is 12.8 Å². The van der Waals surface area contributed by atoms with E-state index in [1.807, 2.05) is 12.1 Å². The lowest BCUT2D eigenvalue weighted by Crippen LogP contribution is -2.39. The summed E-state index contributed by atoms with van der Waals surface area (Å²) in [5.74, 6) is 0. The van der Waals surface area contributed by atoms with Gasteiger partial charge >= 0.3 is 0 Å². The molecule has 1 atom stereocenters. The lowest BCUT2D eigenvalue weighted by Gasteiger charge is -2.31. The first-order chi connectivity index (χ1) is 10.7. The number of likely N-dealkylation sites (tertiary alicyclic amines) is 1. The molecule has 1 aliphatic heterocycles. The highest BCUT2D eigenvalue weighted by molar-refractivity contribution is 5.53. The van der Waals surface area contributed by atoms with E-state index in [1.54, 1.807) is 19.2 Å². The topological polar surface area (TPSA) is 58.8 Å². The molecule has 120 valence electrons. The highest BCUT2D eigenvalue weighted by Crippen LogP contribution is 2.36. The van der Waals surface area contributed by atoms with Crippen LogP contribution in [0.1, 0.15) is 19.3 Å². The van der Waals surface area contributed by atoms with Gasteiger partial charge in [-0.15, -0.1) is 0 Å². The van der Waals surface area contributed by atoms with Crippen molar-refractivity contribution in [2.75, 3.05) is 38.3 Å². The van der Waals surface area contributed by atoms with Gasteiger partial charge in [-0.3, -0.25) is 15.0 Å². The molecule has 2 aliphatic rings. The van der Waals surface area contributed by atoms with Crippen LogP contribution in [0.4, 0.5) is 11.4 Å². The fraction of sp³-hybridized carbons (Fsp3) is 0.625. The molecule has 0 amide bonds. The molecule has 1 saturated carbocycles. The van der Waals surface area contributed by atoms with Crippen LogP contribution in [0.25, 0.3) is 0 Å². The Kier molecular flexibility index (Phi) is 4.59. The number of nitrogens with zero attached hydrogens (tertiary/aromatic N) is 3. The van der Waals surface area contributed by atoms with Crippen LogP contribution in [0.5, 0.6) is 0 Å². The van der Waals surface area contributed by atoms with Crippen LogP contribution in [0.15, 0.2) is 24.3 Å². The summed E-state index contributed by atoms with van der Waals surface area (Å²) in [5, 5.41) is 10.8. The minimum atomic E-state index is -0.340. The van der Waals surface area contributed by atoms with Crippen LogP contribution in [0.3, 0.4) is 0 Å². The number of ether oxygens (including phenoxy) is 1. The second-order valence-electron chi connectivity index (χ2n) is 6.15. The van der Waals surface area contributed by atoms with Gasteiger partial charge in [0.2, 0.25) is 0 Å². The largest absolute Gasteiger partial charge is 0.383 e. The molecule has 1 aliphatic carbocycles. The van der Waals surface area contributed by atoms with E-state index in [9.17, 15) is 10.1 Å². The molecule has 1 aromatic rings. The number of rotatable bonds is 7. The Hall–Kier alpha value is -1.66. The van der Waals surface area contributed by atoms with E-state index >= 15 is 0 Å². The number of hydrogen-bond acceptors (Lipinski definition) is 5. The molecule has 22 heavy (non-hydrogen) atoms. The SMILES string of the molecule is COCCN1CCC(N(c2ccc([N+](=O)[O-])cc2)C2CC2)C1. The fourth-order valence-electron chi connectivity index (χ4n) is 3.28. The third kappa shape index (κ3) is 3.39. The van der Waals surface area contributed by atoms with E-state index < -0.39 is 0 Å². The van der Waals surface area contributed by atoms with Crippen molar-refractivity contribution in [2.24, 2.45) is 0 Å². The second kappa shape index (κ2) is 6.62. The van der Waals surface area contributed by atoms with Crippen molar-refractivity contribution < 1.29 is 9.66 Å². The summed E-state index contributed by atoms with van der Waals surface area (Å²) in [6.45, 7) is 3.90. The van der Waals surface area contributed by atoms with Gasteiger partial charge in [0, 0.05) is 56.6 Å². The van der Waals surface area contributed by atoms with Gasteiger partial charge in [0.15, 0.2) is 0 Å². The predicted molar refractivity (Wildman–Crippen MR) is 85.3 cm³/mol. The predicted octanol–water partition coefficient (Wildman–Crippen LogP) is 2.28. The summed E-state index contributed by atoms with van der Waals surface area (Å²) < 4.78 is 5.16. The average Bonchev–Trinajstić information content (AvgIpc) is 3.24. The average molecular weight is 305 g/mol. The number of hydrogen-bond donors (Lipinski definition) is 0. The van der Waals surface area contributed by atoms with E-state index in [0.717, 1.165) is 38.3 Å². The monoisotopic (exact) mass is 305 g/mol. The van der Waals surface area contributed by atoms with Crippen molar-refractivity contribution in [2.45, 2.75) is 31.3 Å². The van der Waals surface area contributed by atoms with Crippen molar-refractivity contribution in [1.82, 2.24) is 4.90 Å². The summed E-state index contributed by atoms with van der Waals surface area (Å²) in [6.07, 6.45) is 3.61. The van der Waals surface area contributed by atoms with Crippen molar-refractivity contribution >= 4 is 11.4 Å². The highest BCUT2D eigenvalue weighted by atomic mass is 16.6. The van der Waals surface area contributed by atoms with Gasteiger partial charge in [0.25, 0.3) is 5.69 Å². The van der Waals surface area contributed by atoms with Crippen LogP contribution < -0.4 is 4.90 Å². The molecule has 1 heterocycles. The molecular weight excluding hydrogens is 282 g/mol. The number of non-ortho nitro benzene ring substituents is 1. The van der Waals surface area contributed by atoms with Crippen molar-refractivity contribution in [3.63, 3.8) is 0 Å². The van der Waals surface area contributed by atoms with Crippen LogP contribution in [0, 0.1) is 10.1 Å². The minimum Gasteiger partial charge on any atom is -0.383 e. The first-order valence-corrected chi connectivity index (χ1v) is 7.93. The van der Waals surface area contributed by atoms with Crippen LogP contribution in [-0.4, -0.2) is 55.3 Å². The molecule has 1 aromatic carbocycles. The Morgan fingerprint density at radius 1 is 1.27 bits per heavy atom. The third-order valence-electron chi connectivity index (χ3n) is 4.55. The first kappa shape index (κ1) is 15.2. The quantitative estimate of drug-likeness (QED) is 0.571. The Balaban J connectivity index is 1.69. The summed E-state index contributed by atoms with van der Waals surface area (Å²) in [4.78, 5) is 15.4. The molecule has 0 radical (unpaired) electrons. The van der Waals surface area contributed by atoms with Crippen LogP contribution in [0.2, 0.25) is 0 Å². The van der Waals surface area contributed by atoms with Gasteiger partial charge in [0.05, 0.1) is 11.5 Å². The molecule has 0 spiro atoms. The summed E-state index contributed by atoms with van der Waals surface area (Å²) >= 11 is 0. The molecule has 3 rings (SSSR count). The molecule has 1 saturated heterocycles. The maximum Gasteiger partial charge on any atom is 0.269 e. The number of nitro groups is 1. The lowest BCUT2D eigenvalue weighted by atomic mass is 10.1. The van der Waals surface area contributed by atoms with Crippen molar-refractivity contribution in [1.29, 1.82) is 0 Å². The zero-order valence-electron chi connectivity index (χ0n) is 13.0. The zero-order valence-corrected chi connectivity index (χ0v) is 13.0. The molecule has 0 N–H and O–H groups in total. The summed E-state index contributed by atoms with van der Waals surface area (Å²) in [6, 6.07) is 8.13. The molecule has 6 heteroatoms. The van der Waals surface area contributed by atoms with Crippen LogP contribution in [-0.2, 0) is 4.74 Å². The minimum absolute atomic E-state index is 0.160. The first-order valence-electron chi connectivity index (χ1n) is 7.93. The van der Waals surface area contributed by atoms with Gasteiger partial charge in [-0.25, -0.2) is 0 Å². The molecule has 2 fully saturated rings. The van der Waals surface area contributed by atoms with Gasteiger partial charge in [-0.2, -0.15) is 0 Å². The molecule has 0 bridgehead atoms. The van der Waals surface area contributed by atoms with Gasteiger partial charge in [0.1, 0.15) is 0 Å². The molecule has 1 unspecified atom stereocenters. The Morgan fingerprint density at radius 2 is 2.00 bits per heavy atom. The van der Waals surface area contributed by atoms with E-state index in [2.05, 4.69) is 9.80 Å². The number of benzene rings is 1. The molecular formula is C16H23N3O3. The Bertz CT molecular complexity index is 516. The van der Waals surface area contributed by atoms with Gasteiger partial charge < -0.3 is 9.64 Å². The maximum atomic E-state index is 10.8. The summed E-state index contributed by atoms with van der Waals surface area (Å²) in [5.41, 5.74) is 1.28. The Morgan fingerprint density at radius 3 is 2.59 bits per heavy atom. The van der Waals surface area contributed by atoms with Gasteiger partial charge in [-0.1, -0.05) is 0 Å². The standard InChI is InChI=1S/C16H23N3O3/c1-22-11-10-17-9-8-16(12-17)18(13-2-3-13)14-4-6-15(7-5-14)19(20)21/h4-7,13,16H,2-3,8-12H2,1H3. The molecule has 0 aromatic heterocycles. The fourth-order valence-corrected chi connectivity index (χ4v) is 3.28. The zero-order chi connectivity index (χ0) is 15.5. The normalized spacial score (nSPS) is 22.0. The smallest absolute Gasteiger partial charge is 0.269 e.